The van der Waals surface area contributed by atoms with Crippen molar-refractivity contribution in [3.63, 3.8) is 0 Å². The quantitative estimate of drug-likeness (QED) is 0.753. The van der Waals surface area contributed by atoms with Crippen LogP contribution in [0.25, 0.3) is 10.9 Å². The van der Waals surface area contributed by atoms with Crippen LogP contribution in [-0.2, 0) is 0 Å². The third-order valence-corrected chi connectivity index (χ3v) is 3.77. The molecule has 4 heteroatoms. The zero-order valence-electron chi connectivity index (χ0n) is 10.7. The largest absolute Gasteiger partial charge is 0.492 e. The van der Waals surface area contributed by atoms with E-state index in [9.17, 15) is 0 Å². The fourth-order valence-corrected chi connectivity index (χ4v) is 2.70. The summed E-state index contributed by atoms with van der Waals surface area (Å²) in [5.74, 6) is 0.705. The van der Waals surface area contributed by atoms with E-state index in [2.05, 4.69) is 39.7 Å². The SMILES string of the molecule is COc1c(Br)nc(C)c2c(C)c(C)c(C)nc12. The molecule has 0 radical (unpaired) electrons. The van der Waals surface area contributed by atoms with Crippen LogP contribution in [0.4, 0.5) is 0 Å². The predicted octanol–water partition coefficient (Wildman–Crippen LogP) is 3.63. The molecule has 2 heterocycles. The smallest absolute Gasteiger partial charge is 0.177 e. The maximum absolute atomic E-state index is 5.39. The molecular formula is C13H15BrN2O. The molecule has 0 aromatic carbocycles. The molecule has 0 aliphatic rings. The number of hydrogen-bond acceptors (Lipinski definition) is 3. The van der Waals surface area contributed by atoms with Gasteiger partial charge in [-0.15, -0.1) is 0 Å². The fraction of sp³-hybridized carbons (Fsp3) is 0.385. The summed E-state index contributed by atoms with van der Waals surface area (Å²) in [5, 5.41) is 1.09. The Morgan fingerprint density at radius 1 is 0.941 bits per heavy atom. The van der Waals surface area contributed by atoms with Crippen LogP contribution in [0.5, 0.6) is 5.75 Å². The van der Waals surface area contributed by atoms with Crippen LogP contribution in [0.3, 0.4) is 0 Å². The van der Waals surface area contributed by atoms with Crippen LogP contribution in [0, 0.1) is 27.7 Å². The Bertz CT molecular complexity index is 608. The summed E-state index contributed by atoms with van der Waals surface area (Å²) in [6.45, 7) is 8.21. The normalized spacial score (nSPS) is 10.9. The van der Waals surface area contributed by atoms with Gasteiger partial charge in [-0.2, -0.15) is 0 Å². The van der Waals surface area contributed by atoms with Crippen molar-refractivity contribution in [2.24, 2.45) is 0 Å². The number of ether oxygens (including phenoxy) is 1. The van der Waals surface area contributed by atoms with E-state index in [1.807, 2.05) is 13.8 Å². The van der Waals surface area contributed by atoms with E-state index < -0.39 is 0 Å². The molecule has 0 saturated heterocycles. The molecule has 2 aromatic rings. The molecule has 0 amide bonds. The molecule has 90 valence electrons. The van der Waals surface area contributed by atoms with Gasteiger partial charge in [0.15, 0.2) is 10.4 Å². The van der Waals surface area contributed by atoms with E-state index in [4.69, 9.17) is 4.74 Å². The number of aryl methyl sites for hydroxylation is 3. The number of halogens is 1. The Hall–Kier alpha value is -1.16. The molecular weight excluding hydrogens is 280 g/mol. The van der Waals surface area contributed by atoms with Gasteiger partial charge in [0.2, 0.25) is 0 Å². The molecule has 0 saturated carbocycles. The van der Waals surface area contributed by atoms with Gasteiger partial charge >= 0.3 is 0 Å². The molecule has 0 bridgehead atoms. The number of nitrogens with zero attached hydrogens (tertiary/aromatic N) is 2. The summed E-state index contributed by atoms with van der Waals surface area (Å²) in [7, 11) is 1.64. The Morgan fingerprint density at radius 2 is 1.59 bits per heavy atom. The van der Waals surface area contributed by atoms with Gasteiger partial charge in [-0.3, -0.25) is 0 Å². The minimum absolute atomic E-state index is 0.705. The first-order valence-corrected chi connectivity index (χ1v) is 6.24. The topological polar surface area (TPSA) is 35.0 Å². The maximum atomic E-state index is 5.39. The van der Waals surface area contributed by atoms with Crippen LogP contribution in [-0.4, -0.2) is 17.1 Å². The van der Waals surface area contributed by atoms with Gasteiger partial charge in [0, 0.05) is 16.8 Å². The van der Waals surface area contributed by atoms with E-state index in [1.54, 1.807) is 7.11 Å². The summed E-state index contributed by atoms with van der Waals surface area (Å²) < 4.78 is 6.10. The van der Waals surface area contributed by atoms with Crippen molar-refractivity contribution in [3.8, 4) is 5.75 Å². The van der Waals surface area contributed by atoms with Crippen molar-refractivity contribution in [3.05, 3.63) is 27.1 Å². The van der Waals surface area contributed by atoms with Gasteiger partial charge in [0.25, 0.3) is 0 Å². The second kappa shape index (κ2) is 4.26. The van der Waals surface area contributed by atoms with Crippen molar-refractivity contribution in [1.82, 2.24) is 9.97 Å². The highest BCUT2D eigenvalue weighted by molar-refractivity contribution is 9.10. The van der Waals surface area contributed by atoms with Gasteiger partial charge in [0.05, 0.1) is 7.11 Å². The third kappa shape index (κ3) is 1.80. The predicted molar refractivity (Wildman–Crippen MR) is 72.7 cm³/mol. The fourth-order valence-electron chi connectivity index (χ4n) is 2.08. The third-order valence-electron chi connectivity index (χ3n) is 3.23. The van der Waals surface area contributed by atoms with Gasteiger partial charge in [-0.25, -0.2) is 9.97 Å². The summed E-state index contributed by atoms with van der Waals surface area (Å²) in [5.41, 5.74) is 5.33. The summed E-state index contributed by atoms with van der Waals surface area (Å²) >= 11 is 3.42. The number of aromatic nitrogens is 2. The summed E-state index contributed by atoms with van der Waals surface area (Å²) in [4.78, 5) is 9.09. The summed E-state index contributed by atoms with van der Waals surface area (Å²) in [6.07, 6.45) is 0. The Labute approximate surface area is 109 Å². The van der Waals surface area contributed by atoms with Crippen molar-refractivity contribution < 1.29 is 4.74 Å². The lowest BCUT2D eigenvalue weighted by atomic mass is 10.0. The number of hydrogen-bond donors (Lipinski definition) is 0. The molecule has 0 aliphatic carbocycles. The first kappa shape index (κ1) is 12.3. The van der Waals surface area contributed by atoms with Crippen molar-refractivity contribution in [1.29, 1.82) is 0 Å². The molecule has 0 atom stereocenters. The average molecular weight is 295 g/mol. The number of methoxy groups -OCH3 is 1. The molecule has 3 nitrogen and oxygen atoms in total. The highest BCUT2D eigenvalue weighted by atomic mass is 79.9. The van der Waals surface area contributed by atoms with Gasteiger partial charge < -0.3 is 4.74 Å². The lowest BCUT2D eigenvalue weighted by molar-refractivity contribution is 0.414. The van der Waals surface area contributed by atoms with Crippen molar-refractivity contribution in [2.75, 3.05) is 7.11 Å². The molecule has 0 fully saturated rings. The number of fused-ring (bicyclic) bond motifs is 1. The van der Waals surface area contributed by atoms with Crippen LogP contribution in [0.2, 0.25) is 0 Å². The van der Waals surface area contributed by atoms with Crippen molar-refractivity contribution >= 4 is 26.8 Å². The van der Waals surface area contributed by atoms with E-state index in [-0.39, 0.29) is 0 Å². The highest BCUT2D eigenvalue weighted by Gasteiger charge is 2.16. The first-order chi connectivity index (χ1) is 7.97. The van der Waals surface area contributed by atoms with Crippen LogP contribution in [0.15, 0.2) is 4.60 Å². The number of rotatable bonds is 1. The highest BCUT2D eigenvalue weighted by Crippen LogP contribution is 2.35. The molecule has 0 N–H and O–H groups in total. The van der Waals surface area contributed by atoms with Gasteiger partial charge in [0.1, 0.15) is 5.52 Å². The minimum atomic E-state index is 0.705. The van der Waals surface area contributed by atoms with Crippen LogP contribution >= 0.6 is 15.9 Å². The lowest BCUT2D eigenvalue weighted by Crippen LogP contribution is -2.00. The second-order valence-electron chi connectivity index (χ2n) is 4.19. The lowest BCUT2D eigenvalue weighted by Gasteiger charge is -2.14. The monoisotopic (exact) mass is 294 g/mol. The second-order valence-corrected chi connectivity index (χ2v) is 4.94. The van der Waals surface area contributed by atoms with E-state index in [0.29, 0.717) is 10.4 Å². The molecule has 0 aliphatic heterocycles. The van der Waals surface area contributed by atoms with Crippen molar-refractivity contribution in [2.45, 2.75) is 27.7 Å². The summed E-state index contributed by atoms with van der Waals surface area (Å²) in [6, 6.07) is 0. The zero-order valence-corrected chi connectivity index (χ0v) is 12.3. The van der Waals surface area contributed by atoms with Crippen LogP contribution < -0.4 is 4.74 Å². The first-order valence-electron chi connectivity index (χ1n) is 5.45. The molecule has 2 rings (SSSR count). The van der Waals surface area contributed by atoms with Gasteiger partial charge in [-0.1, -0.05) is 0 Å². The van der Waals surface area contributed by atoms with E-state index >= 15 is 0 Å². The number of pyridine rings is 2. The van der Waals surface area contributed by atoms with Crippen LogP contribution in [0.1, 0.15) is 22.5 Å². The standard InChI is InChI=1S/C13H15BrN2O/c1-6-7(2)10-9(4)16-13(14)12(17-5)11(10)15-8(6)3/h1-5H3. The minimum Gasteiger partial charge on any atom is -0.492 e. The molecule has 17 heavy (non-hydrogen) atoms. The van der Waals surface area contributed by atoms with Gasteiger partial charge in [-0.05, 0) is 54.8 Å². The van der Waals surface area contributed by atoms with E-state index in [1.165, 1.54) is 11.1 Å². The van der Waals surface area contributed by atoms with E-state index in [0.717, 1.165) is 22.3 Å². The Morgan fingerprint density at radius 3 is 2.18 bits per heavy atom. The Kier molecular flexibility index (Phi) is 3.08. The molecule has 0 unspecified atom stereocenters. The molecule has 0 spiro atoms. The zero-order chi connectivity index (χ0) is 12.7. The average Bonchev–Trinajstić information content (AvgIpc) is 2.25. The molecule has 2 aromatic heterocycles. The Balaban J connectivity index is 3.04. The maximum Gasteiger partial charge on any atom is 0.177 e.